The highest BCUT2D eigenvalue weighted by molar-refractivity contribution is 5.63. The summed E-state index contributed by atoms with van der Waals surface area (Å²) in [5, 5.41) is 3.72. The first kappa shape index (κ1) is 16.6. The van der Waals surface area contributed by atoms with E-state index in [1.807, 2.05) is 0 Å². The predicted octanol–water partition coefficient (Wildman–Crippen LogP) is 3.79. The highest BCUT2D eigenvalue weighted by Crippen LogP contribution is 2.35. The van der Waals surface area contributed by atoms with Crippen molar-refractivity contribution in [3.8, 4) is 11.3 Å². The minimum Gasteiger partial charge on any atom is -0.444 e. The first-order valence-electron chi connectivity index (χ1n) is 9.31. The maximum Gasteiger partial charge on any atom is 0.181 e. The fourth-order valence-electron chi connectivity index (χ4n) is 4.16. The van der Waals surface area contributed by atoms with E-state index in [1.165, 1.54) is 32.1 Å². The van der Waals surface area contributed by atoms with Crippen LogP contribution in [0.15, 0.2) is 41.3 Å². The van der Waals surface area contributed by atoms with Gasteiger partial charge in [-0.1, -0.05) is 12.1 Å². The van der Waals surface area contributed by atoms with E-state index in [4.69, 9.17) is 9.15 Å². The number of morpholine rings is 1. The summed E-state index contributed by atoms with van der Waals surface area (Å²) in [7, 11) is 0. The van der Waals surface area contributed by atoms with Crippen LogP contribution in [0, 0.1) is 0 Å². The molecular weight excluding hydrogens is 314 g/mol. The summed E-state index contributed by atoms with van der Waals surface area (Å²) in [6.07, 6.45) is 8.14. The van der Waals surface area contributed by atoms with Crippen LogP contribution >= 0.6 is 0 Å². The van der Waals surface area contributed by atoms with Gasteiger partial charge >= 0.3 is 0 Å². The number of hydrogen-bond acceptors (Lipinski definition) is 5. The van der Waals surface area contributed by atoms with Crippen molar-refractivity contribution in [2.24, 2.45) is 0 Å². The average molecular weight is 341 g/mol. The smallest absolute Gasteiger partial charge is 0.181 e. The zero-order valence-corrected chi connectivity index (χ0v) is 14.9. The second-order valence-electron chi connectivity index (χ2n) is 7.46. The molecule has 2 aromatic rings. The summed E-state index contributed by atoms with van der Waals surface area (Å²) in [4.78, 5) is 6.64. The average Bonchev–Trinajstić information content (AvgIpc) is 3.20. The van der Waals surface area contributed by atoms with Gasteiger partial charge in [0, 0.05) is 35.9 Å². The van der Waals surface area contributed by atoms with Crippen molar-refractivity contribution in [2.75, 3.05) is 31.6 Å². The van der Waals surface area contributed by atoms with Crippen molar-refractivity contribution >= 4 is 5.69 Å². The van der Waals surface area contributed by atoms with Crippen LogP contribution in [-0.4, -0.2) is 47.8 Å². The molecule has 0 unspecified atom stereocenters. The van der Waals surface area contributed by atoms with Crippen molar-refractivity contribution in [2.45, 2.75) is 44.2 Å². The third kappa shape index (κ3) is 3.72. The first-order chi connectivity index (χ1) is 12.2. The Morgan fingerprint density at radius 1 is 1.20 bits per heavy atom. The Bertz CT molecular complexity index is 672. The van der Waals surface area contributed by atoms with E-state index in [0.717, 1.165) is 43.3 Å². The van der Waals surface area contributed by atoms with Crippen molar-refractivity contribution < 1.29 is 9.15 Å². The lowest BCUT2D eigenvalue weighted by Gasteiger charge is -2.47. The standard InChI is InChI=1S/C20H27N3O2/c1-20(23-9-11-24-12-10-23)7-5-17(6-8-20)22-18-4-2-3-16(13-18)19-14-21-15-25-19/h2-4,13-15,17,22H,5-12H2,1H3. The molecule has 1 N–H and O–H groups in total. The summed E-state index contributed by atoms with van der Waals surface area (Å²) >= 11 is 0. The molecule has 2 heterocycles. The highest BCUT2D eigenvalue weighted by Gasteiger charge is 2.36. The Hall–Kier alpha value is -1.85. The number of oxazole rings is 1. The number of ether oxygens (including phenoxy) is 1. The maximum absolute atomic E-state index is 5.51. The number of hydrogen-bond donors (Lipinski definition) is 1. The molecule has 1 aliphatic carbocycles. The van der Waals surface area contributed by atoms with Crippen LogP contribution in [0.2, 0.25) is 0 Å². The van der Waals surface area contributed by atoms with Crippen molar-refractivity contribution in [1.82, 2.24) is 9.88 Å². The van der Waals surface area contributed by atoms with Gasteiger partial charge in [0.1, 0.15) is 0 Å². The van der Waals surface area contributed by atoms with Crippen LogP contribution in [0.25, 0.3) is 11.3 Å². The lowest BCUT2D eigenvalue weighted by atomic mass is 9.79. The topological polar surface area (TPSA) is 50.5 Å². The second-order valence-corrected chi connectivity index (χ2v) is 7.46. The molecule has 0 amide bonds. The van der Waals surface area contributed by atoms with Gasteiger partial charge in [-0.05, 0) is 44.7 Å². The summed E-state index contributed by atoms with van der Waals surface area (Å²) in [6.45, 7) is 6.35. The molecule has 1 aromatic heterocycles. The Labute approximate surface area is 149 Å². The molecular formula is C20H27N3O2. The summed E-state index contributed by atoms with van der Waals surface area (Å²) in [5.41, 5.74) is 2.56. The molecule has 0 radical (unpaired) electrons. The van der Waals surface area contributed by atoms with Crippen molar-refractivity contribution in [1.29, 1.82) is 0 Å². The van der Waals surface area contributed by atoms with E-state index in [2.05, 4.69) is 46.4 Å². The van der Waals surface area contributed by atoms with Gasteiger partial charge in [0.2, 0.25) is 0 Å². The number of nitrogens with zero attached hydrogens (tertiary/aromatic N) is 2. The minimum absolute atomic E-state index is 0.337. The summed E-state index contributed by atoms with van der Waals surface area (Å²) in [6, 6.07) is 8.95. The third-order valence-electron chi connectivity index (χ3n) is 5.79. The molecule has 5 nitrogen and oxygen atoms in total. The molecule has 5 heteroatoms. The van der Waals surface area contributed by atoms with Crippen LogP contribution in [0.5, 0.6) is 0 Å². The first-order valence-corrected chi connectivity index (χ1v) is 9.31. The molecule has 1 aliphatic heterocycles. The van der Waals surface area contributed by atoms with E-state index in [9.17, 15) is 0 Å². The van der Waals surface area contributed by atoms with Gasteiger partial charge in [-0.25, -0.2) is 4.98 Å². The lowest BCUT2D eigenvalue weighted by molar-refractivity contribution is -0.0305. The second kappa shape index (κ2) is 7.18. The highest BCUT2D eigenvalue weighted by atomic mass is 16.5. The SMILES string of the molecule is CC1(N2CCOCC2)CCC(Nc2cccc(-c3cnco3)c2)CC1. The normalized spacial score (nSPS) is 28.0. The van der Waals surface area contributed by atoms with E-state index in [0.29, 0.717) is 11.6 Å². The predicted molar refractivity (Wildman–Crippen MR) is 98.6 cm³/mol. The minimum atomic E-state index is 0.337. The molecule has 0 bridgehead atoms. The van der Waals surface area contributed by atoms with E-state index in [1.54, 1.807) is 6.20 Å². The fourth-order valence-corrected chi connectivity index (χ4v) is 4.16. The largest absolute Gasteiger partial charge is 0.444 e. The fraction of sp³-hybridized carbons (Fsp3) is 0.550. The van der Waals surface area contributed by atoms with Crippen LogP contribution in [0.1, 0.15) is 32.6 Å². The van der Waals surface area contributed by atoms with Gasteiger partial charge in [-0.2, -0.15) is 0 Å². The lowest BCUT2D eigenvalue weighted by Crippen LogP contribution is -2.54. The van der Waals surface area contributed by atoms with Gasteiger partial charge in [-0.3, -0.25) is 4.90 Å². The molecule has 1 saturated heterocycles. The third-order valence-corrected chi connectivity index (χ3v) is 5.79. The van der Waals surface area contributed by atoms with Gasteiger partial charge < -0.3 is 14.5 Å². The Morgan fingerprint density at radius 2 is 2.00 bits per heavy atom. The van der Waals surface area contributed by atoms with Crippen LogP contribution in [0.3, 0.4) is 0 Å². The molecule has 2 fully saturated rings. The zero-order chi connectivity index (χ0) is 17.1. The Kier molecular flexibility index (Phi) is 4.77. The van der Waals surface area contributed by atoms with Crippen LogP contribution in [-0.2, 0) is 4.74 Å². The number of nitrogens with one attached hydrogen (secondary N) is 1. The van der Waals surface area contributed by atoms with Crippen molar-refractivity contribution in [3.63, 3.8) is 0 Å². The monoisotopic (exact) mass is 341 g/mol. The maximum atomic E-state index is 5.51. The number of benzene rings is 1. The molecule has 0 atom stereocenters. The van der Waals surface area contributed by atoms with E-state index < -0.39 is 0 Å². The van der Waals surface area contributed by atoms with E-state index >= 15 is 0 Å². The summed E-state index contributed by atoms with van der Waals surface area (Å²) in [5.74, 6) is 0.812. The molecule has 134 valence electrons. The molecule has 4 rings (SSSR count). The van der Waals surface area contributed by atoms with Gasteiger partial charge in [-0.15, -0.1) is 0 Å². The number of rotatable bonds is 4. The number of anilines is 1. The van der Waals surface area contributed by atoms with Crippen molar-refractivity contribution in [3.05, 3.63) is 36.9 Å². The number of aromatic nitrogens is 1. The molecule has 2 aliphatic rings. The quantitative estimate of drug-likeness (QED) is 0.917. The molecule has 1 aromatic carbocycles. The zero-order valence-electron chi connectivity index (χ0n) is 14.9. The molecule has 1 saturated carbocycles. The van der Waals surface area contributed by atoms with Gasteiger partial charge in [0.05, 0.1) is 19.4 Å². The molecule has 0 spiro atoms. The van der Waals surface area contributed by atoms with Crippen LogP contribution < -0.4 is 5.32 Å². The molecule has 25 heavy (non-hydrogen) atoms. The van der Waals surface area contributed by atoms with Gasteiger partial charge in [0.25, 0.3) is 0 Å². The Morgan fingerprint density at radius 3 is 2.72 bits per heavy atom. The Balaban J connectivity index is 1.36. The summed E-state index contributed by atoms with van der Waals surface area (Å²) < 4.78 is 10.9. The van der Waals surface area contributed by atoms with Gasteiger partial charge in [0.15, 0.2) is 12.2 Å². The van der Waals surface area contributed by atoms with E-state index in [-0.39, 0.29) is 0 Å². The van der Waals surface area contributed by atoms with Crippen LogP contribution in [0.4, 0.5) is 5.69 Å².